The molecule has 1 aliphatic carbocycles. The van der Waals surface area contributed by atoms with Gasteiger partial charge in [-0.2, -0.15) is 5.10 Å². The Morgan fingerprint density at radius 1 is 1.25 bits per heavy atom. The molecule has 0 fully saturated rings. The van der Waals surface area contributed by atoms with Crippen molar-refractivity contribution in [3.8, 4) is 0 Å². The minimum Gasteiger partial charge on any atom is -0.346 e. The van der Waals surface area contributed by atoms with Gasteiger partial charge in [-0.05, 0) is 48.8 Å². The molecule has 0 spiro atoms. The van der Waals surface area contributed by atoms with Crippen LogP contribution in [0.4, 0.5) is 0 Å². The Hall–Kier alpha value is -2.44. The monoisotopic (exact) mass is 394 g/mol. The Balaban J connectivity index is 1.43. The van der Waals surface area contributed by atoms with Crippen LogP contribution in [0.5, 0.6) is 0 Å². The molecule has 28 heavy (non-hydrogen) atoms. The zero-order valence-electron chi connectivity index (χ0n) is 16.4. The highest BCUT2D eigenvalue weighted by Crippen LogP contribution is 2.25. The average Bonchev–Trinajstić information content (AvgIpc) is 3.33. The van der Waals surface area contributed by atoms with Gasteiger partial charge in [-0.15, -0.1) is 11.3 Å². The van der Waals surface area contributed by atoms with Gasteiger partial charge >= 0.3 is 0 Å². The third kappa shape index (κ3) is 4.03. The van der Waals surface area contributed by atoms with E-state index in [0.29, 0.717) is 18.3 Å². The lowest BCUT2D eigenvalue weighted by molar-refractivity contribution is 0.0944. The number of amides is 1. The van der Waals surface area contributed by atoms with E-state index in [1.807, 2.05) is 29.2 Å². The third-order valence-corrected chi connectivity index (χ3v) is 6.39. The second-order valence-electron chi connectivity index (χ2n) is 7.41. The second-order valence-corrected chi connectivity index (χ2v) is 8.44. The number of carbonyl (C=O) groups is 1. The van der Waals surface area contributed by atoms with Gasteiger partial charge in [0.2, 0.25) is 0 Å². The van der Waals surface area contributed by atoms with E-state index in [9.17, 15) is 4.79 Å². The van der Waals surface area contributed by atoms with Gasteiger partial charge in [-0.1, -0.05) is 30.3 Å². The predicted molar refractivity (Wildman–Crippen MR) is 113 cm³/mol. The number of nitrogens with one attached hydrogen (secondary N) is 2. The lowest BCUT2D eigenvalue weighted by Gasteiger charge is -2.24. The number of thiophene rings is 1. The van der Waals surface area contributed by atoms with Crippen LogP contribution in [0.1, 0.15) is 44.2 Å². The van der Waals surface area contributed by atoms with Gasteiger partial charge in [-0.3, -0.25) is 9.48 Å². The maximum Gasteiger partial charge on any atom is 0.272 e. The number of rotatable bonds is 6. The summed E-state index contributed by atoms with van der Waals surface area (Å²) in [7, 11) is 1.94. The topological polar surface area (TPSA) is 59.0 Å². The van der Waals surface area contributed by atoms with E-state index in [1.165, 1.54) is 16.8 Å². The molecular formula is C22H26N4OS. The van der Waals surface area contributed by atoms with Gasteiger partial charge < -0.3 is 10.6 Å². The highest BCUT2D eigenvalue weighted by atomic mass is 32.1. The molecule has 0 aliphatic heterocycles. The van der Waals surface area contributed by atoms with Gasteiger partial charge in [0.1, 0.15) is 0 Å². The van der Waals surface area contributed by atoms with Crippen molar-refractivity contribution in [1.29, 1.82) is 0 Å². The van der Waals surface area contributed by atoms with E-state index in [2.05, 4.69) is 46.9 Å². The summed E-state index contributed by atoms with van der Waals surface area (Å²) in [6, 6.07) is 12.9. The number of aromatic nitrogens is 2. The number of hydrogen-bond acceptors (Lipinski definition) is 4. The van der Waals surface area contributed by atoms with E-state index >= 15 is 0 Å². The van der Waals surface area contributed by atoms with Crippen LogP contribution in [0.25, 0.3) is 0 Å². The fraction of sp³-hybridized carbons (Fsp3) is 0.364. The predicted octanol–water partition coefficient (Wildman–Crippen LogP) is 3.37. The largest absolute Gasteiger partial charge is 0.346 e. The summed E-state index contributed by atoms with van der Waals surface area (Å²) in [4.78, 5) is 13.9. The van der Waals surface area contributed by atoms with E-state index in [0.717, 1.165) is 36.2 Å². The van der Waals surface area contributed by atoms with E-state index in [4.69, 9.17) is 0 Å². The molecule has 6 heteroatoms. The molecular weight excluding hydrogens is 368 g/mol. The minimum absolute atomic E-state index is 0.0789. The molecule has 0 unspecified atom stereocenters. The first kappa shape index (κ1) is 18.9. The van der Waals surface area contributed by atoms with E-state index < -0.39 is 0 Å². The standard InChI is InChI=1S/C22H26N4OS/c1-15-6-3-4-7-16(15)13-23-17-9-10-20-19(12-17)21(25-26(20)2)22(27)24-14-18-8-5-11-28-18/h3-8,11,17,23H,9-10,12-14H2,1-2H3,(H,24,27)/t17-/m0/s1. The first-order valence-corrected chi connectivity index (χ1v) is 10.6. The highest BCUT2D eigenvalue weighted by Gasteiger charge is 2.28. The summed E-state index contributed by atoms with van der Waals surface area (Å²) >= 11 is 1.65. The van der Waals surface area contributed by atoms with Crippen LogP contribution >= 0.6 is 11.3 Å². The Kier molecular flexibility index (Phi) is 5.59. The normalized spacial score (nSPS) is 16.0. The molecule has 1 aliphatic rings. The van der Waals surface area contributed by atoms with Crippen LogP contribution in [-0.2, 0) is 33.0 Å². The van der Waals surface area contributed by atoms with Crippen molar-refractivity contribution >= 4 is 17.2 Å². The van der Waals surface area contributed by atoms with Crippen LogP contribution in [0.15, 0.2) is 41.8 Å². The van der Waals surface area contributed by atoms with Gasteiger partial charge in [0.05, 0.1) is 6.54 Å². The third-order valence-electron chi connectivity index (χ3n) is 5.52. The maximum atomic E-state index is 12.8. The Bertz CT molecular complexity index is 961. The first-order chi connectivity index (χ1) is 13.6. The van der Waals surface area contributed by atoms with Crippen LogP contribution in [0, 0.1) is 6.92 Å². The van der Waals surface area contributed by atoms with Gasteiger partial charge in [0, 0.05) is 35.8 Å². The van der Waals surface area contributed by atoms with Crippen LogP contribution < -0.4 is 10.6 Å². The number of nitrogens with zero attached hydrogens (tertiary/aromatic N) is 2. The second kappa shape index (κ2) is 8.29. The Morgan fingerprint density at radius 2 is 2.11 bits per heavy atom. The SMILES string of the molecule is Cc1ccccc1CN[C@H]1CCc2c(c(C(=O)NCc3cccs3)nn2C)C1. The van der Waals surface area contributed by atoms with Gasteiger partial charge in [0.15, 0.2) is 5.69 Å². The summed E-state index contributed by atoms with van der Waals surface area (Å²) in [6.07, 6.45) is 2.86. The summed E-state index contributed by atoms with van der Waals surface area (Å²) in [5.74, 6) is -0.0789. The smallest absolute Gasteiger partial charge is 0.272 e. The zero-order chi connectivity index (χ0) is 19.5. The van der Waals surface area contributed by atoms with Crippen molar-refractivity contribution in [2.75, 3.05) is 0 Å². The maximum absolute atomic E-state index is 12.8. The lowest BCUT2D eigenvalue weighted by Crippen LogP contribution is -2.35. The molecule has 146 valence electrons. The van der Waals surface area contributed by atoms with Crippen LogP contribution in [0.3, 0.4) is 0 Å². The molecule has 4 rings (SSSR count). The average molecular weight is 395 g/mol. The molecule has 0 bridgehead atoms. The van der Waals surface area contributed by atoms with E-state index in [1.54, 1.807) is 11.3 Å². The molecule has 5 nitrogen and oxygen atoms in total. The number of aryl methyl sites for hydroxylation is 2. The fourth-order valence-electron chi connectivity index (χ4n) is 3.87. The Morgan fingerprint density at radius 3 is 2.89 bits per heavy atom. The molecule has 2 N–H and O–H groups in total. The quantitative estimate of drug-likeness (QED) is 0.674. The highest BCUT2D eigenvalue weighted by molar-refractivity contribution is 7.09. The molecule has 1 amide bonds. The van der Waals surface area contributed by atoms with Gasteiger partial charge in [0.25, 0.3) is 5.91 Å². The molecule has 3 aromatic rings. The number of hydrogen-bond donors (Lipinski definition) is 2. The summed E-state index contributed by atoms with van der Waals surface area (Å²) in [5, 5.41) is 13.3. The van der Waals surface area contributed by atoms with Crippen LogP contribution in [0.2, 0.25) is 0 Å². The number of fused-ring (bicyclic) bond motifs is 1. The molecule has 1 aromatic carbocycles. The van der Waals surface area contributed by atoms with Crippen molar-refractivity contribution in [3.05, 3.63) is 74.7 Å². The van der Waals surface area contributed by atoms with Crippen molar-refractivity contribution in [2.45, 2.75) is 45.3 Å². The van der Waals surface area contributed by atoms with Crippen molar-refractivity contribution in [3.63, 3.8) is 0 Å². The van der Waals surface area contributed by atoms with Crippen molar-refractivity contribution in [1.82, 2.24) is 20.4 Å². The van der Waals surface area contributed by atoms with E-state index in [-0.39, 0.29) is 5.91 Å². The zero-order valence-corrected chi connectivity index (χ0v) is 17.2. The van der Waals surface area contributed by atoms with Crippen LogP contribution in [-0.4, -0.2) is 21.7 Å². The summed E-state index contributed by atoms with van der Waals surface area (Å²) in [5.41, 5.74) is 5.50. The summed E-state index contributed by atoms with van der Waals surface area (Å²) in [6.45, 7) is 3.55. The van der Waals surface area contributed by atoms with Gasteiger partial charge in [-0.25, -0.2) is 0 Å². The summed E-state index contributed by atoms with van der Waals surface area (Å²) < 4.78 is 1.88. The number of benzene rings is 1. The minimum atomic E-state index is -0.0789. The molecule has 0 saturated heterocycles. The van der Waals surface area contributed by atoms with Crippen molar-refractivity contribution < 1.29 is 4.79 Å². The number of carbonyl (C=O) groups excluding carboxylic acids is 1. The fourth-order valence-corrected chi connectivity index (χ4v) is 4.52. The molecule has 0 saturated carbocycles. The first-order valence-electron chi connectivity index (χ1n) is 9.75. The molecule has 2 heterocycles. The van der Waals surface area contributed by atoms with Crippen molar-refractivity contribution in [2.24, 2.45) is 7.05 Å². The molecule has 1 atom stereocenters. The lowest BCUT2D eigenvalue weighted by atomic mass is 9.91. The Labute approximate surface area is 169 Å². The molecule has 2 aromatic heterocycles. The molecule has 0 radical (unpaired) electrons.